The molecule has 5 nitrogen and oxygen atoms in total. The van der Waals surface area contributed by atoms with Crippen molar-refractivity contribution in [2.45, 2.75) is 25.3 Å². The summed E-state index contributed by atoms with van der Waals surface area (Å²) in [6.07, 6.45) is 1.42. The molecule has 1 N–H and O–H groups in total. The van der Waals surface area contributed by atoms with Gasteiger partial charge in [0.15, 0.2) is 0 Å². The number of nitrogens with zero attached hydrogens (tertiary/aromatic N) is 2. The Kier molecular flexibility index (Phi) is 4.54. The standard InChI is InChI=1S/C15H16N2O3S2/c18-13-4-3-11(15(19)20)14(12-8-21-9-16-12)17(13)6-5-10-2-1-7-22-10/h1-2,7-9,11,14H,3-6H2,(H,19,20)/t11-,14-/m1/s1. The molecule has 7 heteroatoms. The fraction of sp³-hybridized carbons (Fsp3) is 0.400. The zero-order chi connectivity index (χ0) is 15.5. The zero-order valence-corrected chi connectivity index (χ0v) is 13.5. The van der Waals surface area contributed by atoms with Gasteiger partial charge in [0.2, 0.25) is 5.91 Å². The molecule has 0 saturated carbocycles. The van der Waals surface area contributed by atoms with Crippen molar-refractivity contribution in [3.05, 3.63) is 39.0 Å². The van der Waals surface area contributed by atoms with Gasteiger partial charge in [-0.25, -0.2) is 4.98 Å². The third-order valence-corrected chi connectivity index (χ3v) is 5.50. The lowest BCUT2D eigenvalue weighted by molar-refractivity contribution is -0.152. The molecule has 0 radical (unpaired) electrons. The van der Waals surface area contributed by atoms with Crippen LogP contribution in [0.25, 0.3) is 0 Å². The first-order valence-electron chi connectivity index (χ1n) is 7.09. The second kappa shape index (κ2) is 6.58. The lowest BCUT2D eigenvalue weighted by Crippen LogP contribution is -2.46. The molecule has 0 unspecified atom stereocenters. The largest absolute Gasteiger partial charge is 0.481 e. The van der Waals surface area contributed by atoms with E-state index in [9.17, 15) is 14.7 Å². The van der Waals surface area contributed by atoms with E-state index in [-0.39, 0.29) is 5.91 Å². The average Bonchev–Trinajstić information content (AvgIpc) is 3.18. The van der Waals surface area contributed by atoms with Crippen molar-refractivity contribution in [3.8, 4) is 0 Å². The van der Waals surface area contributed by atoms with E-state index in [1.165, 1.54) is 16.2 Å². The molecule has 2 atom stereocenters. The summed E-state index contributed by atoms with van der Waals surface area (Å²) in [5.74, 6) is -1.41. The van der Waals surface area contributed by atoms with Crippen LogP contribution in [0.3, 0.4) is 0 Å². The Morgan fingerprint density at radius 2 is 2.36 bits per heavy atom. The summed E-state index contributed by atoms with van der Waals surface area (Å²) in [6, 6.07) is 3.56. The van der Waals surface area contributed by atoms with Gasteiger partial charge in [-0.2, -0.15) is 0 Å². The van der Waals surface area contributed by atoms with Gasteiger partial charge in [0.05, 0.1) is 23.2 Å². The molecule has 0 aromatic carbocycles. The average molecular weight is 336 g/mol. The number of carbonyl (C=O) groups excluding carboxylic acids is 1. The van der Waals surface area contributed by atoms with Gasteiger partial charge in [-0.15, -0.1) is 22.7 Å². The van der Waals surface area contributed by atoms with Crippen LogP contribution in [0.2, 0.25) is 0 Å². The highest BCUT2D eigenvalue weighted by atomic mass is 32.1. The maximum Gasteiger partial charge on any atom is 0.309 e. The summed E-state index contributed by atoms with van der Waals surface area (Å²) in [4.78, 5) is 31.1. The van der Waals surface area contributed by atoms with Crippen LogP contribution >= 0.6 is 22.7 Å². The lowest BCUT2D eigenvalue weighted by atomic mass is 9.87. The summed E-state index contributed by atoms with van der Waals surface area (Å²) in [6.45, 7) is 0.533. The van der Waals surface area contributed by atoms with Gasteiger partial charge in [0.25, 0.3) is 0 Å². The van der Waals surface area contributed by atoms with E-state index >= 15 is 0 Å². The van der Waals surface area contributed by atoms with Gasteiger partial charge in [0.1, 0.15) is 0 Å². The summed E-state index contributed by atoms with van der Waals surface area (Å²) in [5, 5.41) is 13.4. The van der Waals surface area contributed by atoms with Crippen LogP contribution in [0, 0.1) is 5.92 Å². The molecule has 1 amide bonds. The van der Waals surface area contributed by atoms with Gasteiger partial charge in [-0.05, 0) is 24.3 Å². The monoisotopic (exact) mass is 336 g/mol. The van der Waals surface area contributed by atoms with E-state index < -0.39 is 17.9 Å². The minimum Gasteiger partial charge on any atom is -0.481 e. The number of hydrogen-bond donors (Lipinski definition) is 1. The summed E-state index contributed by atoms with van der Waals surface area (Å²) >= 11 is 3.08. The molecule has 1 aliphatic heterocycles. The number of likely N-dealkylation sites (tertiary alicyclic amines) is 1. The number of aliphatic carboxylic acids is 1. The van der Waals surface area contributed by atoms with E-state index in [0.717, 1.165) is 6.42 Å². The molecule has 1 saturated heterocycles. The molecule has 0 aliphatic carbocycles. The number of hydrogen-bond acceptors (Lipinski definition) is 5. The van der Waals surface area contributed by atoms with E-state index in [0.29, 0.717) is 25.1 Å². The Hall–Kier alpha value is -1.73. The predicted octanol–water partition coefficient (Wildman–Crippen LogP) is 2.81. The van der Waals surface area contributed by atoms with Crippen molar-refractivity contribution in [1.82, 2.24) is 9.88 Å². The normalized spacial score (nSPS) is 22.0. The van der Waals surface area contributed by atoms with E-state index in [1.54, 1.807) is 21.7 Å². The van der Waals surface area contributed by atoms with E-state index in [2.05, 4.69) is 4.98 Å². The Labute approximate surface area is 136 Å². The van der Waals surface area contributed by atoms with Gasteiger partial charge in [-0.1, -0.05) is 6.07 Å². The van der Waals surface area contributed by atoms with Crippen molar-refractivity contribution >= 4 is 34.6 Å². The number of carboxylic acids is 1. The smallest absolute Gasteiger partial charge is 0.309 e. The minimum atomic E-state index is -0.855. The molecule has 1 fully saturated rings. The number of thiazole rings is 1. The molecule has 22 heavy (non-hydrogen) atoms. The maximum atomic E-state index is 12.3. The third-order valence-electron chi connectivity index (χ3n) is 3.96. The Bertz CT molecular complexity index is 640. The number of aromatic nitrogens is 1. The third kappa shape index (κ3) is 3.05. The van der Waals surface area contributed by atoms with Crippen molar-refractivity contribution in [2.24, 2.45) is 5.92 Å². The maximum absolute atomic E-state index is 12.3. The molecule has 1 aliphatic rings. The highest BCUT2D eigenvalue weighted by Crippen LogP contribution is 2.36. The van der Waals surface area contributed by atoms with Crippen molar-refractivity contribution < 1.29 is 14.7 Å². The molecular weight excluding hydrogens is 320 g/mol. The van der Waals surface area contributed by atoms with Gasteiger partial charge in [-0.3, -0.25) is 9.59 Å². The number of carbonyl (C=O) groups is 2. The molecule has 3 rings (SSSR count). The van der Waals surface area contributed by atoms with Gasteiger partial charge in [0, 0.05) is 23.2 Å². The lowest BCUT2D eigenvalue weighted by Gasteiger charge is -2.38. The fourth-order valence-electron chi connectivity index (χ4n) is 2.89. The number of thiophene rings is 1. The van der Waals surface area contributed by atoms with Crippen LogP contribution in [0.5, 0.6) is 0 Å². The van der Waals surface area contributed by atoms with Crippen LogP contribution in [0.15, 0.2) is 28.4 Å². The first kappa shape index (κ1) is 15.2. The molecule has 2 aromatic heterocycles. The Morgan fingerprint density at radius 3 is 3.00 bits per heavy atom. The van der Waals surface area contributed by atoms with Crippen LogP contribution in [0.4, 0.5) is 0 Å². The highest BCUT2D eigenvalue weighted by Gasteiger charge is 2.41. The summed E-state index contributed by atoms with van der Waals surface area (Å²) in [5.41, 5.74) is 2.38. The van der Waals surface area contributed by atoms with Crippen LogP contribution in [-0.2, 0) is 16.0 Å². The number of amides is 1. The summed E-state index contributed by atoms with van der Waals surface area (Å²) < 4.78 is 0. The van der Waals surface area contributed by atoms with Gasteiger partial charge >= 0.3 is 5.97 Å². The quantitative estimate of drug-likeness (QED) is 0.911. The molecule has 0 spiro atoms. The van der Waals surface area contributed by atoms with Crippen molar-refractivity contribution in [3.63, 3.8) is 0 Å². The molecule has 0 bridgehead atoms. The number of carboxylic acid groups (broad SMARTS) is 1. The van der Waals surface area contributed by atoms with E-state index in [4.69, 9.17) is 0 Å². The Morgan fingerprint density at radius 1 is 1.50 bits per heavy atom. The minimum absolute atomic E-state index is 0.0204. The van der Waals surface area contributed by atoms with Crippen LogP contribution in [0.1, 0.15) is 29.5 Å². The zero-order valence-electron chi connectivity index (χ0n) is 11.8. The van der Waals surface area contributed by atoms with Gasteiger partial charge < -0.3 is 10.0 Å². The van der Waals surface area contributed by atoms with Crippen molar-refractivity contribution in [1.29, 1.82) is 0 Å². The fourth-order valence-corrected chi connectivity index (χ4v) is 4.18. The molecule has 2 aromatic rings. The number of piperidine rings is 1. The first-order chi connectivity index (χ1) is 10.7. The van der Waals surface area contributed by atoms with Crippen LogP contribution in [-0.4, -0.2) is 33.4 Å². The topological polar surface area (TPSA) is 70.5 Å². The molecule has 116 valence electrons. The number of rotatable bonds is 5. The molecule has 3 heterocycles. The second-order valence-corrected chi connectivity index (χ2v) is 7.01. The Balaban J connectivity index is 1.85. The SMILES string of the molecule is O=C(O)[C@@H]1CCC(=O)N(CCc2cccs2)[C@H]1c1cscn1. The predicted molar refractivity (Wildman–Crippen MR) is 85.0 cm³/mol. The van der Waals surface area contributed by atoms with E-state index in [1.807, 2.05) is 22.9 Å². The van der Waals surface area contributed by atoms with Crippen LogP contribution < -0.4 is 0 Å². The van der Waals surface area contributed by atoms with Crippen molar-refractivity contribution in [2.75, 3.05) is 6.54 Å². The summed E-state index contributed by atoms with van der Waals surface area (Å²) in [7, 11) is 0. The second-order valence-electron chi connectivity index (χ2n) is 5.26. The molecular formula is C15H16N2O3S2. The first-order valence-corrected chi connectivity index (χ1v) is 8.92. The highest BCUT2D eigenvalue weighted by molar-refractivity contribution is 7.09.